The van der Waals surface area contributed by atoms with Gasteiger partial charge in [-0.25, -0.2) is 4.79 Å². The third kappa shape index (κ3) is 3.57. The van der Waals surface area contributed by atoms with Crippen molar-refractivity contribution in [2.24, 2.45) is 0 Å². The van der Waals surface area contributed by atoms with Crippen LogP contribution in [-0.4, -0.2) is 30.2 Å². The lowest BCUT2D eigenvalue weighted by Gasteiger charge is -2.13. The van der Waals surface area contributed by atoms with Crippen LogP contribution in [0.3, 0.4) is 0 Å². The van der Waals surface area contributed by atoms with Crippen LogP contribution in [0, 0.1) is 0 Å². The molecule has 4 nitrogen and oxygen atoms in total. The van der Waals surface area contributed by atoms with Crippen LogP contribution >= 0.6 is 11.8 Å². The summed E-state index contributed by atoms with van der Waals surface area (Å²) in [5.41, 5.74) is 1.83. The van der Waals surface area contributed by atoms with E-state index in [1.807, 2.05) is 36.0 Å². The molecule has 1 aliphatic rings. The highest BCUT2D eigenvalue weighted by molar-refractivity contribution is 8.00. The summed E-state index contributed by atoms with van der Waals surface area (Å²) in [6, 6.07) is 8.22. The average molecular weight is 266 g/mol. The molecule has 98 valence electrons. The molecular formula is C13H18N2O2S. The highest BCUT2D eigenvalue weighted by Crippen LogP contribution is 2.28. The minimum Gasteiger partial charge on any atom is -0.453 e. The standard InChI is InChI=1S/C13H18N2O2S/c1-9-7-12(8-18-9)14-10-3-5-11(6-4-10)15-13(16)17-2/h3-6,9,12,14H,7-8H2,1-2H3,(H,15,16). The lowest BCUT2D eigenvalue weighted by Crippen LogP contribution is -2.18. The fraction of sp³-hybridized carbons (Fsp3) is 0.462. The van der Waals surface area contributed by atoms with Gasteiger partial charge in [0.2, 0.25) is 0 Å². The monoisotopic (exact) mass is 266 g/mol. The first-order valence-electron chi connectivity index (χ1n) is 6.00. The first-order valence-corrected chi connectivity index (χ1v) is 7.05. The molecule has 0 spiro atoms. The molecule has 18 heavy (non-hydrogen) atoms. The van der Waals surface area contributed by atoms with Crippen molar-refractivity contribution in [3.8, 4) is 0 Å². The number of hydrogen-bond acceptors (Lipinski definition) is 4. The van der Waals surface area contributed by atoms with E-state index in [-0.39, 0.29) is 0 Å². The van der Waals surface area contributed by atoms with Gasteiger partial charge in [0.25, 0.3) is 0 Å². The van der Waals surface area contributed by atoms with Crippen LogP contribution in [0.25, 0.3) is 0 Å². The van der Waals surface area contributed by atoms with Gasteiger partial charge in [-0.2, -0.15) is 11.8 Å². The molecule has 0 aromatic heterocycles. The van der Waals surface area contributed by atoms with E-state index >= 15 is 0 Å². The van der Waals surface area contributed by atoms with Crippen LogP contribution in [-0.2, 0) is 4.74 Å². The molecule has 2 rings (SSSR count). The first-order chi connectivity index (χ1) is 8.67. The normalized spacial score (nSPS) is 22.6. The highest BCUT2D eigenvalue weighted by atomic mass is 32.2. The molecule has 0 aliphatic carbocycles. The molecule has 1 amide bonds. The summed E-state index contributed by atoms with van der Waals surface area (Å²) >= 11 is 2.00. The maximum atomic E-state index is 11.0. The number of ether oxygens (including phenoxy) is 1. The molecule has 2 atom stereocenters. The molecule has 1 aromatic rings. The minimum atomic E-state index is -0.447. The van der Waals surface area contributed by atoms with Crippen molar-refractivity contribution in [2.75, 3.05) is 23.5 Å². The molecule has 1 fully saturated rings. The van der Waals surface area contributed by atoms with Gasteiger partial charge < -0.3 is 10.1 Å². The number of amides is 1. The van der Waals surface area contributed by atoms with Gasteiger partial charge in [-0.05, 0) is 30.7 Å². The lowest BCUT2D eigenvalue weighted by atomic mass is 10.2. The van der Waals surface area contributed by atoms with Crippen LogP contribution < -0.4 is 10.6 Å². The summed E-state index contributed by atoms with van der Waals surface area (Å²) in [4.78, 5) is 11.0. The highest BCUT2D eigenvalue weighted by Gasteiger charge is 2.21. The van der Waals surface area contributed by atoms with E-state index < -0.39 is 6.09 Å². The number of nitrogens with one attached hydrogen (secondary N) is 2. The second-order valence-electron chi connectivity index (χ2n) is 4.41. The Balaban J connectivity index is 1.89. The van der Waals surface area contributed by atoms with Crippen LogP contribution in [0.4, 0.5) is 16.2 Å². The maximum Gasteiger partial charge on any atom is 0.411 e. The molecule has 1 saturated heterocycles. The molecule has 0 saturated carbocycles. The van der Waals surface area contributed by atoms with E-state index in [9.17, 15) is 4.79 Å². The maximum absolute atomic E-state index is 11.0. The summed E-state index contributed by atoms with van der Waals surface area (Å²) < 4.78 is 4.54. The van der Waals surface area contributed by atoms with Gasteiger partial charge in [0, 0.05) is 28.4 Å². The van der Waals surface area contributed by atoms with Gasteiger partial charge in [-0.15, -0.1) is 0 Å². The number of carbonyl (C=O) groups excluding carboxylic acids is 1. The second kappa shape index (κ2) is 6.00. The molecule has 0 radical (unpaired) electrons. The van der Waals surface area contributed by atoms with Crippen molar-refractivity contribution in [3.05, 3.63) is 24.3 Å². The third-order valence-corrected chi connectivity index (χ3v) is 4.24. The van der Waals surface area contributed by atoms with Gasteiger partial charge in [-0.3, -0.25) is 5.32 Å². The molecule has 1 aliphatic heterocycles. The summed E-state index contributed by atoms with van der Waals surface area (Å²) in [5, 5.41) is 6.87. The number of anilines is 2. The Bertz CT molecular complexity index is 408. The van der Waals surface area contributed by atoms with Gasteiger partial charge in [0.05, 0.1) is 7.11 Å². The Kier molecular flexibility index (Phi) is 4.36. The topological polar surface area (TPSA) is 50.4 Å². The molecule has 1 heterocycles. The predicted molar refractivity (Wildman–Crippen MR) is 76.4 cm³/mol. The Morgan fingerprint density at radius 1 is 1.33 bits per heavy atom. The Morgan fingerprint density at radius 3 is 2.56 bits per heavy atom. The van der Waals surface area contributed by atoms with Crippen molar-refractivity contribution in [1.82, 2.24) is 0 Å². The van der Waals surface area contributed by atoms with Crippen LogP contribution in [0.1, 0.15) is 13.3 Å². The van der Waals surface area contributed by atoms with Crippen LogP contribution in [0.2, 0.25) is 0 Å². The van der Waals surface area contributed by atoms with Crippen LogP contribution in [0.5, 0.6) is 0 Å². The van der Waals surface area contributed by atoms with Gasteiger partial charge in [0.1, 0.15) is 0 Å². The minimum absolute atomic E-state index is 0.447. The van der Waals surface area contributed by atoms with Crippen molar-refractivity contribution in [3.63, 3.8) is 0 Å². The van der Waals surface area contributed by atoms with E-state index in [4.69, 9.17) is 0 Å². The molecule has 5 heteroatoms. The Labute approximate surface area is 111 Å². The predicted octanol–water partition coefficient (Wildman–Crippen LogP) is 3.17. The first kappa shape index (κ1) is 13.1. The summed E-state index contributed by atoms with van der Waals surface area (Å²) in [7, 11) is 1.35. The van der Waals surface area contributed by atoms with Crippen LogP contribution in [0.15, 0.2) is 24.3 Å². The SMILES string of the molecule is COC(=O)Nc1ccc(NC2CSC(C)C2)cc1. The van der Waals surface area contributed by atoms with Crippen molar-refractivity contribution >= 4 is 29.2 Å². The van der Waals surface area contributed by atoms with Crippen molar-refractivity contribution < 1.29 is 9.53 Å². The largest absolute Gasteiger partial charge is 0.453 e. The smallest absolute Gasteiger partial charge is 0.411 e. The lowest BCUT2D eigenvalue weighted by molar-refractivity contribution is 0.187. The molecule has 0 bridgehead atoms. The number of carbonyl (C=O) groups is 1. The Hall–Kier alpha value is -1.36. The van der Waals surface area contributed by atoms with Gasteiger partial charge in [-0.1, -0.05) is 6.92 Å². The summed E-state index contributed by atoms with van der Waals surface area (Å²) in [6.45, 7) is 2.26. The number of methoxy groups -OCH3 is 1. The van der Waals surface area contributed by atoms with E-state index in [0.717, 1.165) is 22.4 Å². The molecule has 1 aromatic carbocycles. The quantitative estimate of drug-likeness (QED) is 0.882. The van der Waals surface area contributed by atoms with Gasteiger partial charge in [0.15, 0.2) is 0 Å². The zero-order chi connectivity index (χ0) is 13.0. The average Bonchev–Trinajstić information content (AvgIpc) is 2.77. The van der Waals surface area contributed by atoms with E-state index in [2.05, 4.69) is 22.3 Å². The van der Waals surface area contributed by atoms with E-state index in [1.54, 1.807) is 0 Å². The number of rotatable bonds is 3. The van der Waals surface area contributed by atoms with E-state index in [0.29, 0.717) is 6.04 Å². The van der Waals surface area contributed by atoms with E-state index in [1.165, 1.54) is 13.5 Å². The number of benzene rings is 1. The Morgan fingerprint density at radius 2 is 2.00 bits per heavy atom. The summed E-state index contributed by atoms with van der Waals surface area (Å²) in [6.07, 6.45) is 0.754. The molecular weight excluding hydrogens is 248 g/mol. The number of thioether (sulfide) groups is 1. The second-order valence-corrected chi connectivity index (χ2v) is 5.89. The van der Waals surface area contributed by atoms with Gasteiger partial charge >= 0.3 is 6.09 Å². The zero-order valence-corrected chi connectivity index (χ0v) is 11.4. The summed E-state index contributed by atoms with van der Waals surface area (Å²) in [5.74, 6) is 1.16. The molecule has 2 unspecified atom stereocenters. The fourth-order valence-electron chi connectivity index (χ4n) is 1.97. The molecule has 2 N–H and O–H groups in total. The fourth-order valence-corrected chi connectivity index (χ4v) is 3.12. The van der Waals surface area contributed by atoms with Crippen molar-refractivity contribution in [2.45, 2.75) is 24.6 Å². The number of hydrogen-bond donors (Lipinski definition) is 2. The third-order valence-electron chi connectivity index (χ3n) is 2.89. The zero-order valence-electron chi connectivity index (χ0n) is 10.6. The van der Waals surface area contributed by atoms with Crippen molar-refractivity contribution in [1.29, 1.82) is 0 Å².